The number of anilines is 1. The molecule has 0 spiro atoms. The molecule has 3 rings (SSSR count). The zero-order valence-electron chi connectivity index (χ0n) is 16.1. The summed E-state index contributed by atoms with van der Waals surface area (Å²) in [4.78, 5) is 19.8. The topological polar surface area (TPSA) is 116 Å². The lowest BCUT2D eigenvalue weighted by Gasteiger charge is -2.19. The van der Waals surface area contributed by atoms with Crippen molar-refractivity contribution in [2.24, 2.45) is 0 Å². The lowest BCUT2D eigenvalue weighted by atomic mass is 10.1. The fraction of sp³-hybridized carbons (Fsp3) is 0.263. The molecular formula is C19H18Cl2FN5O3. The van der Waals surface area contributed by atoms with Crippen molar-refractivity contribution in [2.75, 3.05) is 12.3 Å². The molecule has 0 radical (unpaired) electrons. The predicted octanol–water partition coefficient (Wildman–Crippen LogP) is 3.81. The van der Waals surface area contributed by atoms with Crippen LogP contribution in [-0.4, -0.2) is 37.4 Å². The maximum absolute atomic E-state index is 13.6. The molecule has 0 aliphatic heterocycles. The Bertz CT molecular complexity index is 1100. The maximum Gasteiger partial charge on any atom is 0.331 e. The van der Waals surface area contributed by atoms with E-state index in [0.717, 1.165) is 0 Å². The van der Waals surface area contributed by atoms with Crippen LogP contribution >= 0.6 is 23.2 Å². The van der Waals surface area contributed by atoms with E-state index in [1.807, 2.05) is 0 Å². The number of carbonyl (C=O) groups is 1. The Hall–Kier alpha value is -2.91. The van der Waals surface area contributed by atoms with Crippen LogP contribution in [-0.2, 0) is 16.8 Å². The van der Waals surface area contributed by atoms with E-state index in [1.54, 1.807) is 6.20 Å². The summed E-state index contributed by atoms with van der Waals surface area (Å²) in [5.41, 5.74) is 5.95. The van der Waals surface area contributed by atoms with Crippen molar-refractivity contribution >= 4 is 35.0 Å². The molecule has 0 aliphatic rings. The fourth-order valence-corrected chi connectivity index (χ4v) is 3.09. The van der Waals surface area contributed by atoms with Gasteiger partial charge in [0.15, 0.2) is 11.4 Å². The summed E-state index contributed by atoms with van der Waals surface area (Å²) in [5.74, 6) is -1.47. The maximum atomic E-state index is 13.6. The second-order valence-electron chi connectivity index (χ2n) is 6.90. The van der Waals surface area contributed by atoms with Crippen LogP contribution < -0.4 is 10.5 Å². The number of halogens is 3. The number of hydrogen-bond acceptors (Lipinski definition) is 6. The number of aromatic nitrogens is 4. The lowest BCUT2D eigenvalue weighted by Crippen LogP contribution is -2.35. The molecule has 30 heavy (non-hydrogen) atoms. The van der Waals surface area contributed by atoms with E-state index < -0.39 is 17.3 Å². The highest BCUT2D eigenvalue weighted by Gasteiger charge is 2.30. The Kier molecular flexibility index (Phi) is 6.14. The van der Waals surface area contributed by atoms with Crippen LogP contribution in [0.15, 0.2) is 30.7 Å². The number of hydrogen-bond donors (Lipinski definition) is 2. The molecule has 0 aliphatic carbocycles. The number of rotatable bonds is 7. The molecule has 0 amide bonds. The first kappa shape index (κ1) is 21.8. The van der Waals surface area contributed by atoms with Gasteiger partial charge in [0.25, 0.3) is 5.88 Å². The number of aliphatic carboxylic acids is 1. The van der Waals surface area contributed by atoms with E-state index in [4.69, 9.17) is 33.7 Å². The van der Waals surface area contributed by atoms with Gasteiger partial charge in [0.05, 0.1) is 29.7 Å². The first-order valence-electron chi connectivity index (χ1n) is 8.78. The van der Waals surface area contributed by atoms with Gasteiger partial charge < -0.3 is 15.6 Å². The Morgan fingerprint density at radius 3 is 2.77 bits per heavy atom. The Labute approximate surface area is 181 Å². The van der Waals surface area contributed by atoms with Crippen LogP contribution in [0.3, 0.4) is 0 Å². The van der Waals surface area contributed by atoms with Crippen molar-refractivity contribution in [3.63, 3.8) is 0 Å². The predicted molar refractivity (Wildman–Crippen MR) is 110 cm³/mol. The standard InChI is InChI=1S/C19H18Cl2FN5O3/c1-19(2,18(28)29)27-9-10(7-25-27)14-8-24-16(23)17(26-14)30-6-5-11-12(20)3-4-13(22)15(11)21/h3-4,7-9H,5-6H2,1-2H3,(H2,23,24)(H,28,29). The first-order valence-corrected chi connectivity index (χ1v) is 9.53. The molecule has 2 aromatic heterocycles. The molecular weight excluding hydrogens is 436 g/mol. The third-order valence-electron chi connectivity index (χ3n) is 4.47. The molecule has 8 nitrogen and oxygen atoms in total. The van der Waals surface area contributed by atoms with E-state index in [0.29, 0.717) is 21.8 Å². The van der Waals surface area contributed by atoms with Crippen LogP contribution in [0.1, 0.15) is 19.4 Å². The van der Waals surface area contributed by atoms with E-state index in [2.05, 4.69) is 15.1 Å². The summed E-state index contributed by atoms with van der Waals surface area (Å²) >= 11 is 12.0. The number of ether oxygens (including phenoxy) is 1. The zero-order valence-corrected chi connectivity index (χ0v) is 17.6. The van der Waals surface area contributed by atoms with Gasteiger partial charge in [-0.25, -0.2) is 19.2 Å². The van der Waals surface area contributed by atoms with Gasteiger partial charge in [0, 0.05) is 23.2 Å². The van der Waals surface area contributed by atoms with Crippen LogP contribution in [0.2, 0.25) is 10.0 Å². The smallest absolute Gasteiger partial charge is 0.331 e. The molecule has 11 heteroatoms. The minimum atomic E-state index is -1.23. The van der Waals surface area contributed by atoms with Crippen molar-refractivity contribution in [1.29, 1.82) is 0 Å². The first-order chi connectivity index (χ1) is 14.1. The van der Waals surface area contributed by atoms with Crippen LogP contribution in [0.25, 0.3) is 11.3 Å². The number of carboxylic acid groups (broad SMARTS) is 1. The summed E-state index contributed by atoms with van der Waals surface area (Å²) in [6.07, 6.45) is 4.68. The highest BCUT2D eigenvalue weighted by atomic mass is 35.5. The average molecular weight is 454 g/mol. The van der Waals surface area contributed by atoms with Gasteiger partial charge in [-0.1, -0.05) is 23.2 Å². The van der Waals surface area contributed by atoms with E-state index >= 15 is 0 Å². The number of nitrogens with two attached hydrogens (primary N) is 1. The Morgan fingerprint density at radius 1 is 1.33 bits per heavy atom. The fourth-order valence-electron chi connectivity index (χ4n) is 2.53. The molecule has 0 atom stereocenters. The average Bonchev–Trinajstić information content (AvgIpc) is 3.20. The van der Waals surface area contributed by atoms with Crippen molar-refractivity contribution in [3.8, 4) is 17.1 Å². The second-order valence-corrected chi connectivity index (χ2v) is 7.69. The summed E-state index contributed by atoms with van der Waals surface area (Å²) in [7, 11) is 0. The van der Waals surface area contributed by atoms with Gasteiger partial charge in [-0.05, 0) is 31.5 Å². The number of carboxylic acids is 1. The van der Waals surface area contributed by atoms with Crippen molar-refractivity contribution in [3.05, 3.63) is 52.1 Å². The zero-order chi connectivity index (χ0) is 22.1. The van der Waals surface area contributed by atoms with E-state index in [9.17, 15) is 14.3 Å². The van der Waals surface area contributed by atoms with Crippen molar-refractivity contribution in [2.45, 2.75) is 25.8 Å². The molecule has 0 bridgehead atoms. The summed E-state index contributed by atoms with van der Waals surface area (Å²) in [6, 6.07) is 2.61. The molecule has 1 aromatic carbocycles. The third-order valence-corrected chi connectivity index (χ3v) is 5.23. The van der Waals surface area contributed by atoms with Crippen LogP contribution in [0.5, 0.6) is 5.88 Å². The molecule has 3 N–H and O–H groups in total. The molecule has 3 aromatic rings. The minimum absolute atomic E-state index is 0.0626. The van der Waals surface area contributed by atoms with Gasteiger partial charge in [0.2, 0.25) is 0 Å². The van der Waals surface area contributed by atoms with Gasteiger partial charge in [-0.3, -0.25) is 4.68 Å². The summed E-state index contributed by atoms with van der Waals surface area (Å²) in [5, 5.41) is 13.7. The molecule has 0 saturated heterocycles. The quantitative estimate of drug-likeness (QED) is 0.522. The molecule has 0 fully saturated rings. The highest BCUT2D eigenvalue weighted by molar-refractivity contribution is 6.36. The number of nitrogen functional groups attached to an aromatic ring is 1. The van der Waals surface area contributed by atoms with Crippen molar-refractivity contribution < 1.29 is 19.0 Å². The van der Waals surface area contributed by atoms with Gasteiger partial charge in [-0.2, -0.15) is 5.10 Å². The molecule has 158 valence electrons. The Morgan fingerprint density at radius 2 is 2.07 bits per heavy atom. The molecule has 2 heterocycles. The van der Waals surface area contributed by atoms with Crippen molar-refractivity contribution in [1.82, 2.24) is 19.7 Å². The molecule has 0 unspecified atom stereocenters. The van der Waals surface area contributed by atoms with E-state index in [1.165, 1.54) is 43.1 Å². The summed E-state index contributed by atoms with van der Waals surface area (Å²) < 4.78 is 20.6. The van der Waals surface area contributed by atoms with Crippen LogP contribution in [0, 0.1) is 5.82 Å². The third kappa shape index (κ3) is 4.31. The van der Waals surface area contributed by atoms with Crippen LogP contribution in [0.4, 0.5) is 10.2 Å². The second kappa shape index (κ2) is 8.45. The van der Waals surface area contributed by atoms with Gasteiger partial charge in [0.1, 0.15) is 5.82 Å². The Balaban J connectivity index is 1.78. The highest BCUT2D eigenvalue weighted by Crippen LogP contribution is 2.29. The van der Waals surface area contributed by atoms with E-state index in [-0.39, 0.29) is 29.7 Å². The normalized spacial score (nSPS) is 11.5. The largest absolute Gasteiger partial charge is 0.479 e. The van der Waals surface area contributed by atoms with Gasteiger partial charge >= 0.3 is 5.97 Å². The number of benzene rings is 1. The number of nitrogens with zero attached hydrogens (tertiary/aromatic N) is 4. The molecule has 0 saturated carbocycles. The summed E-state index contributed by atoms with van der Waals surface area (Å²) in [6.45, 7) is 3.13. The lowest BCUT2D eigenvalue weighted by molar-refractivity contribution is -0.146. The van der Waals surface area contributed by atoms with Gasteiger partial charge in [-0.15, -0.1) is 0 Å². The minimum Gasteiger partial charge on any atom is -0.479 e. The monoisotopic (exact) mass is 453 g/mol. The SMILES string of the molecule is CC(C)(C(=O)O)n1cc(-c2cnc(N)c(OCCc3c(Cl)ccc(F)c3Cl)n2)cn1.